The molecular weight excluding hydrogens is 250 g/mol. The first-order valence-electron chi connectivity index (χ1n) is 7.16. The van der Waals surface area contributed by atoms with Crippen molar-refractivity contribution < 1.29 is 0 Å². The Morgan fingerprint density at radius 1 is 1.25 bits per heavy atom. The van der Waals surface area contributed by atoms with Crippen molar-refractivity contribution in [3.8, 4) is 0 Å². The molecule has 3 rings (SSSR count). The van der Waals surface area contributed by atoms with Crippen LogP contribution in [0.1, 0.15) is 24.1 Å². The Labute approximate surface area is 119 Å². The molecule has 0 spiro atoms. The summed E-state index contributed by atoms with van der Waals surface area (Å²) in [6.45, 7) is 5.08. The number of pyridine rings is 1. The Balaban J connectivity index is 1.62. The van der Waals surface area contributed by atoms with Crippen molar-refractivity contribution in [2.45, 2.75) is 26.3 Å². The van der Waals surface area contributed by atoms with Gasteiger partial charge in [0.2, 0.25) is 0 Å². The first-order chi connectivity index (χ1) is 9.72. The van der Waals surface area contributed by atoms with Gasteiger partial charge in [-0.2, -0.15) is 5.10 Å². The third-order valence-electron chi connectivity index (χ3n) is 3.78. The molecule has 0 bridgehead atoms. The summed E-state index contributed by atoms with van der Waals surface area (Å²) in [5.74, 6) is 1.09. The fourth-order valence-electron chi connectivity index (χ4n) is 2.64. The number of anilines is 2. The average molecular weight is 271 g/mol. The van der Waals surface area contributed by atoms with Gasteiger partial charge in [0.15, 0.2) is 0 Å². The molecule has 0 amide bonds. The summed E-state index contributed by atoms with van der Waals surface area (Å²) in [5, 5.41) is 7.74. The first kappa shape index (κ1) is 13.0. The summed E-state index contributed by atoms with van der Waals surface area (Å²) in [6.07, 6.45) is 6.53. The Morgan fingerprint density at radius 2 is 2.05 bits per heavy atom. The third kappa shape index (κ3) is 2.76. The SMILES string of the molecule is Cc1nn(C)cc1CNc1ccc(N2CCCC2)nc1. The summed E-state index contributed by atoms with van der Waals surface area (Å²) in [6, 6.07) is 4.20. The molecule has 0 atom stereocenters. The molecule has 0 saturated carbocycles. The number of aromatic nitrogens is 3. The zero-order valence-corrected chi connectivity index (χ0v) is 12.1. The van der Waals surface area contributed by atoms with E-state index in [1.807, 2.05) is 31.0 Å². The van der Waals surface area contributed by atoms with E-state index in [9.17, 15) is 0 Å². The predicted molar refractivity (Wildman–Crippen MR) is 81.0 cm³/mol. The fraction of sp³-hybridized carbons (Fsp3) is 0.467. The van der Waals surface area contributed by atoms with Gasteiger partial charge in [-0.15, -0.1) is 0 Å². The second-order valence-electron chi connectivity index (χ2n) is 5.37. The molecule has 1 N–H and O–H groups in total. The van der Waals surface area contributed by atoms with Crippen molar-refractivity contribution in [2.75, 3.05) is 23.3 Å². The van der Waals surface area contributed by atoms with Crippen molar-refractivity contribution in [1.29, 1.82) is 0 Å². The van der Waals surface area contributed by atoms with Gasteiger partial charge < -0.3 is 10.2 Å². The molecule has 5 nitrogen and oxygen atoms in total. The first-order valence-corrected chi connectivity index (χ1v) is 7.16. The lowest BCUT2D eigenvalue weighted by molar-refractivity contribution is 0.756. The molecule has 1 aliphatic rings. The molecule has 20 heavy (non-hydrogen) atoms. The van der Waals surface area contributed by atoms with E-state index in [0.717, 1.165) is 36.8 Å². The predicted octanol–water partition coefficient (Wildman–Crippen LogP) is 2.34. The van der Waals surface area contributed by atoms with Crippen molar-refractivity contribution >= 4 is 11.5 Å². The minimum Gasteiger partial charge on any atom is -0.380 e. The molecule has 1 aliphatic heterocycles. The quantitative estimate of drug-likeness (QED) is 0.927. The standard InChI is InChI=1S/C15H21N5/c1-12-13(11-19(2)18-12)9-16-14-5-6-15(17-10-14)20-7-3-4-8-20/h5-6,10-11,16H,3-4,7-9H2,1-2H3. The number of hydrogen-bond donors (Lipinski definition) is 1. The normalized spacial score (nSPS) is 14.8. The van der Waals surface area contributed by atoms with Crippen LogP contribution in [0, 0.1) is 6.92 Å². The van der Waals surface area contributed by atoms with Crippen LogP contribution in [-0.4, -0.2) is 27.9 Å². The molecule has 0 radical (unpaired) electrons. The van der Waals surface area contributed by atoms with Crippen LogP contribution < -0.4 is 10.2 Å². The molecule has 2 aromatic rings. The Bertz CT molecular complexity index is 566. The number of nitrogens with zero attached hydrogens (tertiary/aromatic N) is 4. The molecule has 0 aliphatic carbocycles. The lowest BCUT2D eigenvalue weighted by atomic mass is 10.2. The maximum atomic E-state index is 4.54. The minimum atomic E-state index is 0.782. The molecule has 0 aromatic carbocycles. The van der Waals surface area contributed by atoms with Crippen molar-refractivity contribution in [1.82, 2.24) is 14.8 Å². The van der Waals surface area contributed by atoms with E-state index in [2.05, 4.69) is 32.4 Å². The zero-order chi connectivity index (χ0) is 13.9. The average Bonchev–Trinajstić information content (AvgIpc) is 3.07. The van der Waals surface area contributed by atoms with Crippen molar-refractivity contribution in [3.05, 3.63) is 35.8 Å². The third-order valence-corrected chi connectivity index (χ3v) is 3.78. The Kier molecular flexibility index (Phi) is 3.58. The second-order valence-corrected chi connectivity index (χ2v) is 5.37. The molecule has 3 heterocycles. The van der Waals surface area contributed by atoms with Gasteiger partial charge in [-0.25, -0.2) is 4.98 Å². The molecule has 106 valence electrons. The number of rotatable bonds is 4. The summed E-state index contributed by atoms with van der Waals surface area (Å²) < 4.78 is 1.85. The smallest absolute Gasteiger partial charge is 0.128 e. The number of aryl methyl sites for hydroxylation is 2. The van der Waals surface area contributed by atoms with Crippen molar-refractivity contribution in [2.24, 2.45) is 7.05 Å². The topological polar surface area (TPSA) is 46.0 Å². The molecule has 1 fully saturated rings. The van der Waals surface area contributed by atoms with E-state index in [1.165, 1.54) is 18.4 Å². The van der Waals surface area contributed by atoms with Gasteiger partial charge in [0.05, 0.1) is 17.6 Å². The van der Waals surface area contributed by atoms with Gasteiger partial charge in [-0.1, -0.05) is 0 Å². The van der Waals surface area contributed by atoms with E-state index < -0.39 is 0 Å². The summed E-state index contributed by atoms with van der Waals surface area (Å²) in [5.41, 5.74) is 3.34. The maximum Gasteiger partial charge on any atom is 0.128 e. The highest BCUT2D eigenvalue weighted by Gasteiger charge is 2.12. The van der Waals surface area contributed by atoms with Gasteiger partial charge in [0.25, 0.3) is 0 Å². The van der Waals surface area contributed by atoms with E-state index in [-0.39, 0.29) is 0 Å². The van der Waals surface area contributed by atoms with E-state index in [0.29, 0.717) is 0 Å². The van der Waals surface area contributed by atoms with Crippen LogP contribution in [0.5, 0.6) is 0 Å². The van der Waals surface area contributed by atoms with Crippen LogP contribution in [0.3, 0.4) is 0 Å². The lowest BCUT2D eigenvalue weighted by Gasteiger charge is -2.16. The molecule has 5 heteroatoms. The van der Waals surface area contributed by atoms with Crippen LogP contribution in [0.2, 0.25) is 0 Å². The molecular formula is C15H21N5. The van der Waals surface area contributed by atoms with Crippen LogP contribution in [0.25, 0.3) is 0 Å². The summed E-state index contributed by atoms with van der Waals surface area (Å²) in [7, 11) is 1.95. The van der Waals surface area contributed by atoms with Crippen molar-refractivity contribution in [3.63, 3.8) is 0 Å². The van der Waals surface area contributed by atoms with Gasteiger partial charge in [0, 0.05) is 38.4 Å². The van der Waals surface area contributed by atoms with Gasteiger partial charge in [0.1, 0.15) is 5.82 Å². The number of nitrogens with one attached hydrogen (secondary N) is 1. The maximum absolute atomic E-state index is 4.54. The molecule has 2 aromatic heterocycles. The summed E-state index contributed by atoms with van der Waals surface area (Å²) in [4.78, 5) is 6.89. The van der Waals surface area contributed by atoms with Gasteiger partial charge in [-0.3, -0.25) is 4.68 Å². The monoisotopic (exact) mass is 271 g/mol. The Morgan fingerprint density at radius 3 is 2.65 bits per heavy atom. The highest BCUT2D eigenvalue weighted by Crippen LogP contribution is 2.19. The summed E-state index contributed by atoms with van der Waals surface area (Å²) >= 11 is 0. The zero-order valence-electron chi connectivity index (χ0n) is 12.1. The molecule has 0 unspecified atom stereocenters. The van der Waals surface area contributed by atoms with Crippen LogP contribution in [-0.2, 0) is 13.6 Å². The fourth-order valence-corrected chi connectivity index (χ4v) is 2.64. The highest BCUT2D eigenvalue weighted by atomic mass is 15.3. The lowest BCUT2D eigenvalue weighted by Crippen LogP contribution is -2.18. The van der Waals surface area contributed by atoms with Crippen LogP contribution in [0.15, 0.2) is 24.5 Å². The van der Waals surface area contributed by atoms with E-state index in [4.69, 9.17) is 0 Å². The van der Waals surface area contributed by atoms with Crippen LogP contribution in [0.4, 0.5) is 11.5 Å². The van der Waals surface area contributed by atoms with Gasteiger partial charge >= 0.3 is 0 Å². The number of hydrogen-bond acceptors (Lipinski definition) is 4. The largest absolute Gasteiger partial charge is 0.380 e. The molecule has 1 saturated heterocycles. The van der Waals surface area contributed by atoms with E-state index in [1.54, 1.807) is 0 Å². The highest BCUT2D eigenvalue weighted by molar-refractivity contribution is 5.49. The van der Waals surface area contributed by atoms with Gasteiger partial charge in [-0.05, 0) is 31.9 Å². The minimum absolute atomic E-state index is 0.782. The van der Waals surface area contributed by atoms with E-state index >= 15 is 0 Å². The second kappa shape index (κ2) is 5.53. The Hall–Kier alpha value is -2.04. The van der Waals surface area contributed by atoms with Crippen LogP contribution >= 0.6 is 0 Å².